The minimum Gasteiger partial charge on any atom is -0.327 e. The fourth-order valence-electron chi connectivity index (χ4n) is 1.98. The second-order valence-electron chi connectivity index (χ2n) is 4.29. The lowest BCUT2D eigenvalue weighted by molar-refractivity contribution is 0.260. The Morgan fingerprint density at radius 3 is 2.73 bits per heavy atom. The van der Waals surface area contributed by atoms with Crippen molar-refractivity contribution in [3.8, 4) is 0 Å². The van der Waals surface area contributed by atoms with E-state index >= 15 is 0 Å². The van der Waals surface area contributed by atoms with Gasteiger partial charge in [0.1, 0.15) is 5.82 Å². The number of benzene rings is 1. The van der Waals surface area contributed by atoms with Gasteiger partial charge in [-0.25, -0.2) is 4.39 Å². The molecule has 1 aliphatic rings. The van der Waals surface area contributed by atoms with E-state index in [1.54, 1.807) is 6.07 Å². The molecule has 0 radical (unpaired) electrons. The summed E-state index contributed by atoms with van der Waals surface area (Å²) in [7, 11) is 0. The topological polar surface area (TPSA) is 26.0 Å². The van der Waals surface area contributed by atoms with Gasteiger partial charge in [-0.2, -0.15) is 0 Å². The van der Waals surface area contributed by atoms with E-state index in [1.807, 2.05) is 0 Å². The molecule has 1 aliphatic carbocycles. The van der Waals surface area contributed by atoms with Gasteiger partial charge in [-0.05, 0) is 42.9 Å². The first kappa shape index (κ1) is 10.9. The van der Waals surface area contributed by atoms with E-state index in [2.05, 4.69) is 0 Å². The van der Waals surface area contributed by atoms with Crippen LogP contribution in [0.25, 0.3) is 0 Å². The van der Waals surface area contributed by atoms with Gasteiger partial charge >= 0.3 is 0 Å². The van der Waals surface area contributed by atoms with E-state index in [4.69, 9.17) is 17.3 Å². The summed E-state index contributed by atoms with van der Waals surface area (Å²) in [6, 6.07) is 4.69. The average Bonchev–Trinajstić information content (AvgIpc) is 2.07. The van der Waals surface area contributed by atoms with Crippen LogP contribution < -0.4 is 5.73 Å². The Kier molecular flexibility index (Phi) is 3.27. The molecule has 0 spiro atoms. The number of nitrogens with two attached hydrogens (primary N) is 1. The zero-order valence-corrected chi connectivity index (χ0v) is 9.30. The number of halogens is 2. The highest BCUT2D eigenvalue weighted by Crippen LogP contribution is 2.31. The molecule has 1 saturated carbocycles. The van der Waals surface area contributed by atoms with E-state index in [9.17, 15) is 4.39 Å². The van der Waals surface area contributed by atoms with Gasteiger partial charge in [0.25, 0.3) is 0 Å². The van der Waals surface area contributed by atoms with E-state index in [1.165, 1.54) is 31.4 Å². The van der Waals surface area contributed by atoms with Crippen molar-refractivity contribution in [3.63, 3.8) is 0 Å². The van der Waals surface area contributed by atoms with Crippen molar-refractivity contribution in [1.82, 2.24) is 0 Å². The van der Waals surface area contributed by atoms with Gasteiger partial charge in [-0.1, -0.05) is 24.1 Å². The lowest BCUT2D eigenvalue weighted by atomic mass is 9.78. The standard InChI is InChI=1S/C12H15ClFN/c13-11-7-10(14)5-4-9(11)6-12(15)8-2-1-3-8/h4-5,7-8,12H,1-3,6,15H2. The third-order valence-corrected chi connectivity index (χ3v) is 3.58. The molecular formula is C12H15ClFN. The minimum absolute atomic E-state index is 0.168. The summed E-state index contributed by atoms with van der Waals surface area (Å²) in [5.74, 6) is 0.340. The maximum Gasteiger partial charge on any atom is 0.124 e. The Hall–Kier alpha value is -0.600. The molecule has 0 aliphatic heterocycles. The molecule has 2 rings (SSSR count). The summed E-state index contributed by atoms with van der Waals surface area (Å²) >= 11 is 5.94. The van der Waals surface area contributed by atoms with E-state index in [0.717, 1.165) is 12.0 Å². The second kappa shape index (κ2) is 4.50. The molecule has 1 unspecified atom stereocenters. The molecule has 0 aromatic heterocycles. The highest BCUT2D eigenvalue weighted by atomic mass is 35.5. The van der Waals surface area contributed by atoms with Crippen LogP contribution in [0.3, 0.4) is 0 Å². The van der Waals surface area contributed by atoms with Crippen LogP contribution >= 0.6 is 11.6 Å². The first-order valence-electron chi connectivity index (χ1n) is 5.36. The molecule has 1 aromatic rings. The summed E-state index contributed by atoms with van der Waals surface area (Å²) in [5.41, 5.74) is 7.02. The van der Waals surface area contributed by atoms with Crippen LogP contribution in [0.15, 0.2) is 18.2 Å². The molecule has 0 saturated heterocycles. The van der Waals surface area contributed by atoms with Crippen LogP contribution in [0.5, 0.6) is 0 Å². The van der Waals surface area contributed by atoms with Crippen LogP contribution in [0, 0.1) is 11.7 Å². The molecule has 82 valence electrons. The van der Waals surface area contributed by atoms with Crippen molar-refractivity contribution in [2.45, 2.75) is 31.7 Å². The van der Waals surface area contributed by atoms with Gasteiger partial charge in [0.05, 0.1) is 0 Å². The van der Waals surface area contributed by atoms with E-state index in [0.29, 0.717) is 10.9 Å². The quantitative estimate of drug-likeness (QED) is 0.844. The van der Waals surface area contributed by atoms with Crippen LogP contribution in [0.2, 0.25) is 5.02 Å². The summed E-state index contributed by atoms with van der Waals surface area (Å²) in [6.45, 7) is 0. The molecular weight excluding hydrogens is 213 g/mol. The Morgan fingerprint density at radius 2 is 2.20 bits per heavy atom. The highest BCUT2D eigenvalue weighted by Gasteiger charge is 2.24. The normalized spacial score (nSPS) is 18.6. The Bertz CT molecular complexity index is 349. The predicted molar refractivity (Wildman–Crippen MR) is 60.4 cm³/mol. The van der Waals surface area contributed by atoms with Gasteiger partial charge in [0.15, 0.2) is 0 Å². The lowest BCUT2D eigenvalue weighted by Crippen LogP contribution is -2.36. The molecule has 2 N–H and O–H groups in total. The first-order valence-corrected chi connectivity index (χ1v) is 5.74. The van der Waals surface area contributed by atoms with Gasteiger partial charge in [0, 0.05) is 11.1 Å². The van der Waals surface area contributed by atoms with Crippen molar-refractivity contribution in [2.24, 2.45) is 11.7 Å². The zero-order valence-electron chi connectivity index (χ0n) is 8.55. The van der Waals surface area contributed by atoms with Crippen LogP contribution in [0.4, 0.5) is 4.39 Å². The molecule has 0 heterocycles. The second-order valence-corrected chi connectivity index (χ2v) is 4.70. The Labute approximate surface area is 94.4 Å². The van der Waals surface area contributed by atoms with E-state index in [-0.39, 0.29) is 11.9 Å². The molecule has 15 heavy (non-hydrogen) atoms. The Balaban J connectivity index is 2.03. The minimum atomic E-state index is -0.291. The number of hydrogen-bond donors (Lipinski definition) is 1. The lowest BCUT2D eigenvalue weighted by Gasteiger charge is -2.31. The van der Waals surface area contributed by atoms with Gasteiger partial charge in [0.2, 0.25) is 0 Å². The van der Waals surface area contributed by atoms with Crippen LogP contribution in [-0.4, -0.2) is 6.04 Å². The van der Waals surface area contributed by atoms with Crippen LogP contribution in [0.1, 0.15) is 24.8 Å². The summed E-state index contributed by atoms with van der Waals surface area (Å²) in [4.78, 5) is 0. The molecule has 0 bridgehead atoms. The van der Waals surface area contributed by atoms with Gasteiger partial charge in [-0.3, -0.25) is 0 Å². The molecule has 1 atom stereocenters. The first-order chi connectivity index (χ1) is 7.16. The fourth-order valence-corrected chi connectivity index (χ4v) is 2.22. The third-order valence-electron chi connectivity index (χ3n) is 3.23. The fraction of sp³-hybridized carbons (Fsp3) is 0.500. The average molecular weight is 228 g/mol. The molecule has 0 amide bonds. The van der Waals surface area contributed by atoms with Gasteiger partial charge < -0.3 is 5.73 Å². The summed E-state index contributed by atoms with van der Waals surface area (Å²) in [6.07, 6.45) is 4.49. The van der Waals surface area contributed by atoms with Crippen molar-refractivity contribution in [2.75, 3.05) is 0 Å². The maximum absolute atomic E-state index is 12.8. The summed E-state index contributed by atoms with van der Waals surface area (Å²) < 4.78 is 12.8. The predicted octanol–water partition coefficient (Wildman–Crippen LogP) is 3.15. The molecule has 1 nitrogen and oxygen atoms in total. The molecule has 1 aromatic carbocycles. The summed E-state index contributed by atoms with van der Waals surface area (Å²) in [5, 5.41) is 0.491. The van der Waals surface area contributed by atoms with Crippen molar-refractivity contribution < 1.29 is 4.39 Å². The third kappa shape index (κ3) is 2.50. The molecule has 1 fully saturated rings. The monoisotopic (exact) mass is 227 g/mol. The van der Waals surface area contributed by atoms with Crippen molar-refractivity contribution >= 4 is 11.6 Å². The van der Waals surface area contributed by atoms with Crippen molar-refractivity contribution in [1.29, 1.82) is 0 Å². The number of hydrogen-bond acceptors (Lipinski definition) is 1. The maximum atomic E-state index is 12.8. The highest BCUT2D eigenvalue weighted by molar-refractivity contribution is 6.31. The van der Waals surface area contributed by atoms with Gasteiger partial charge in [-0.15, -0.1) is 0 Å². The molecule has 3 heteroatoms. The van der Waals surface area contributed by atoms with Crippen molar-refractivity contribution in [3.05, 3.63) is 34.6 Å². The SMILES string of the molecule is NC(Cc1ccc(F)cc1Cl)C1CCC1. The number of rotatable bonds is 3. The smallest absolute Gasteiger partial charge is 0.124 e. The Morgan fingerprint density at radius 1 is 1.47 bits per heavy atom. The largest absolute Gasteiger partial charge is 0.327 e. The van der Waals surface area contributed by atoms with E-state index < -0.39 is 0 Å². The van der Waals surface area contributed by atoms with Crippen LogP contribution in [-0.2, 0) is 6.42 Å². The zero-order chi connectivity index (χ0) is 10.8.